The predicted octanol–water partition coefficient (Wildman–Crippen LogP) is 3.54. The number of nitro groups is 1. The Labute approximate surface area is 147 Å². The highest BCUT2D eigenvalue weighted by atomic mass is 32.2. The molecule has 1 amide bonds. The van der Waals surface area contributed by atoms with Gasteiger partial charge in [0, 0.05) is 12.1 Å². The first kappa shape index (κ1) is 18.1. The first-order chi connectivity index (χ1) is 11.2. The number of carbonyl (C=O) groups excluding carboxylic acids is 1. The Bertz CT molecular complexity index is 743. The van der Waals surface area contributed by atoms with Gasteiger partial charge >= 0.3 is 5.97 Å². The van der Waals surface area contributed by atoms with Gasteiger partial charge in [-0.15, -0.1) is 0 Å². The fourth-order valence-corrected chi connectivity index (χ4v) is 3.57. The Morgan fingerprint density at radius 2 is 1.96 bits per heavy atom. The minimum absolute atomic E-state index is 0.0396. The lowest BCUT2D eigenvalue weighted by atomic mass is 10.0. The summed E-state index contributed by atoms with van der Waals surface area (Å²) in [4.78, 5) is 35.5. The summed E-state index contributed by atoms with van der Waals surface area (Å²) in [6.07, 6.45) is 1.62. The number of hydrogen-bond acceptors (Lipinski definition) is 6. The third kappa shape index (κ3) is 3.62. The highest BCUT2D eigenvalue weighted by Gasteiger charge is 2.41. The van der Waals surface area contributed by atoms with Gasteiger partial charge in [-0.05, 0) is 41.5 Å². The van der Waals surface area contributed by atoms with Crippen molar-refractivity contribution < 1.29 is 19.6 Å². The third-order valence-electron chi connectivity index (χ3n) is 3.39. The van der Waals surface area contributed by atoms with Crippen LogP contribution in [0.15, 0.2) is 29.2 Å². The summed E-state index contributed by atoms with van der Waals surface area (Å²) < 4.78 is 0. The number of thiocarbonyl (C=S) groups is 1. The van der Waals surface area contributed by atoms with E-state index in [0.717, 1.165) is 16.7 Å². The fraction of sp³-hybridized carbons (Fsp3) is 0.267. The maximum absolute atomic E-state index is 12.2. The van der Waals surface area contributed by atoms with Gasteiger partial charge in [-0.25, -0.2) is 4.79 Å². The standard InChI is InChI=1S/C15H14N2O5S2/c1-8(2)12(14(18)19)16-13(23)11(24-15(16)20)7-9-3-5-10(6-4-9)17(21)22/h3-8,12H,1-2H3,(H,18,19)/b11-7+/t12-/m1/s1. The molecule has 0 saturated carbocycles. The van der Waals surface area contributed by atoms with E-state index in [9.17, 15) is 24.8 Å². The summed E-state index contributed by atoms with van der Waals surface area (Å²) in [5.41, 5.74) is 0.596. The van der Waals surface area contributed by atoms with E-state index in [0.29, 0.717) is 10.5 Å². The van der Waals surface area contributed by atoms with Crippen LogP contribution in [-0.2, 0) is 4.79 Å². The zero-order valence-electron chi connectivity index (χ0n) is 12.8. The average molecular weight is 366 g/mol. The molecule has 1 aromatic carbocycles. The lowest BCUT2D eigenvalue weighted by Gasteiger charge is -2.26. The molecule has 1 aliphatic heterocycles. The molecule has 1 saturated heterocycles. The van der Waals surface area contributed by atoms with E-state index in [-0.39, 0.29) is 16.6 Å². The van der Waals surface area contributed by atoms with Gasteiger partial charge in [0.1, 0.15) is 11.0 Å². The van der Waals surface area contributed by atoms with E-state index < -0.39 is 22.2 Å². The molecule has 2 rings (SSSR count). The summed E-state index contributed by atoms with van der Waals surface area (Å²) in [5.74, 6) is -1.42. The van der Waals surface area contributed by atoms with Crippen LogP contribution in [0.25, 0.3) is 6.08 Å². The SMILES string of the molecule is CC(C)[C@H](C(=O)O)N1C(=O)S/C(=C/c2ccc([N+](=O)[O-])cc2)C1=S. The fourth-order valence-electron chi connectivity index (χ4n) is 2.26. The van der Waals surface area contributed by atoms with Gasteiger partial charge in [0.05, 0.1) is 9.83 Å². The molecule has 1 heterocycles. The summed E-state index contributed by atoms with van der Waals surface area (Å²) in [7, 11) is 0. The molecule has 0 spiro atoms. The lowest BCUT2D eigenvalue weighted by Crippen LogP contribution is -2.46. The van der Waals surface area contributed by atoms with Crippen LogP contribution in [0.1, 0.15) is 19.4 Å². The molecule has 0 aromatic heterocycles. The van der Waals surface area contributed by atoms with E-state index in [1.807, 2.05) is 0 Å². The molecular formula is C15H14N2O5S2. The number of hydrogen-bond donors (Lipinski definition) is 1. The molecule has 9 heteroatoms. The van der Waals surface area contributed by atoms with Crippen LogP contribution in [0.3, 0.4) is 0 Å². The van der Waals surface area contributed by atoms with Gasteiger partial charge < -0.3 is 5.11 Å². The number of thioether (sulfide) groups is 1. The maximum Gasteiger partial charge on any atom is 0.327 e. The molecule has 126 valence electrons. The van der Waals surface area contributed by atoms with Gasteiger partial charge in [-0.1, -0.05) is 26.1 Å². The normalized spacial score (nSPS) is 17.6. The lowest BCUT2D eigenvalue weighted by molar-refractivity contribution is -0.384. The Balaban J connectivity index is 2.30. The molecule has 1 aliphatic rings. The highest BCUT2D eigenvalue weighted by molar-refractivity contribution is 8.19. The second kappa shape index (κ2) is 7.10. The topological polar surface area (TPSA) is 101 Å². The van der Waals surface area contributed by atoms with Crippen molar-refractivity contribution in [1.82, 2.24) is 4.90 Å². The summed E-state index contributed by atoms with van der Waals surface area (Å²) in [5, 5.41) is 19.6. The number of non-ortho nitro benzene ring substituents is 1. The predicted molar refractivity (Wildman–Crippen MR) is 94.8 cm³/mol. The van der Waals surface area contributed by atoms with Crippen LogP contribution in [0.4, 0.5) is 10.5 Å². The number of amides is 1. The van der Waals surface area contributed by atoms with Crippen LogP contribution in [0.2, 0.25) is 0 Å². The van der Waals surface area contributed by atoms with Crippen molar-refractivity contribution in [2.75, 3.05) is 0 Å². The van der Waals surface area contributed by atoms with Gasteiger partial charge in [0.2, 0.25) is 0 Å². The molecule has 1 fully saturated rings. The van der Waals surface area contributed by atoms with Crippen molar-refractivity contribution >= 4 is 51.9 Å². The summed E-state index contributed by atoms with van der Waals surface area (Å²) >= 11 is 6.12. The first-order valence-electron chi connectivity index (χ1n) is 6.96. The molecule has 1 N–H and O–H groups in total. The van der Waals surface area contributed by atoms with Crippen molar-refractivity contribution in [1.29, 1.82) is 0 Å². The smallest absolute Gasteiger partial charge is 0.327 e. The summed E-state index contributed by atoms with van der Waals surface area (Å²) in [6.45, 7) is 3.41. The molecule has 0 unspecified atom stereocenters. The highest BCUT2D eigenvalue weighted by Crippen LogP contribution is 2.36. The van der Waals surface area contributed by atoms with E-state index in [1.165, 1.54) is 12.1 Å². The first-order valence-corrected chi connectivity index (χ1v) is 8.19. The van der Waals surface area contributed by atoms with E-state index >= 15 is 0 Å². The number of carbonyl (C=O) groups is 2. The number of carboxylic acids is 1. The number of nitrogens with zero attached hydrogens (tertiary/aromatic N) is 2. The van der Waals surface area contributed by atoms with Crippen molar-refractivity contribution in [3.63, 3.8) is 0 Å². The second-order valence-electron chi connectivity index (χ2n) is 5.43. The zero-order chi connectivity index (χ0) is 18.0. The molecule has 0 aliphatic carbocycles. The second-order valence-corrected chi connectivity index (χ2v) is 6.81. The Morgan fingerprint density at radius 3 is 2.42 bits per heavy atom. The van der Waals surface area contributed by atoms with Crippen LogP contribution in [0, 0.1) is 16.0 Å². The maximum atomic E-state index is 12.2. The number of carboxylic acid groups (broad SMARTS) is 1. The van der Waals surface area contributed by atoms with Crippen LogP contribution in [0.5, 0.6) is 0 Å². The number of benzene rings is 1. The molecule has 1 atom stereocenters. The minimum atomic E-state index is -1.11. The van der Waals surface area contributed by atoms with Gasteiger partial charge in [0.15, 0.2) is 0 Å². The van der Waals surface area contributed by atoms with Crippen LogP contribution in [-0.4, -0.2) is 37.2 Å². The number of rotatable bonds is 5. The van der Waals surface area contributed by atoms with Crippen molar-refractivity contribution in [2.24, 2.45) is 5.92 Å². The van der Waals surface area contributed by atoms with Crippen molar-refractivity contribution in [3.8, 4) is 0 Å². The van der Waals surface area contributed by atoms with E-state index in [4.69, 9.17) is 12.2 Å². The Hall–Kier alpha value is -2.26. The molecule has 24 heavy (non-hydrogen) atoms. The van der Waals surface area contributed by atoms with Crippen LogP contribution >= 0.6 is 24.0 Å². The monoisotopic (exact) mass is 366 g/mol. The zero-order valence-corrected chi connectivity index (χ0v) is 14.5. The molecule has 0 radical (unpaired) electrons. The third-order valence-corrected chi connectivity index (χ3v) is 4.84. The number of nitro benzene ring substituents is 1. The van der Waals surface area contributed by atoms with Gasteiger partial charge in [-0.2, -0.15) is 0 Å². The van der Waals surface area contributed by atoms with Crippen LogP contribution < -0.4 is 0 Å². The van der Waals surface area contributed by atoms with E-state index in [1.54, 1.807) is 32.1 Å². The van der Waals surface area contributed by atoms with Gasteiger partial charge in [-0.3, -0.25) is 19.8 Å². The molecule has 1 aromatic rings. The van der Waals surface area contributed by atoms with Crippen molar-refractivity contribution in [2.45, 2.75) is 19.9 Å². The quantitative estimate of drug-likeness (QED) is 0.368. The molecule has 0 bridgehead atoms. The summed E-state index contributed by atoms with van der Waals surface area (Å²) in [6, 6.07) is 4.75. The Kier molecular flexibility index (Phi) is 5.35. The van der Waals surface area contributed by atoms with Crippen molar-refractivity contribution in [3.05, 3.63) is 44.8 Å². The minimum Gasteiger partial charge on any atom is -0.480 e. The molecule has 7 nitrogen and oxygen atoms in total. The number of aliphatic carboxylic acids is 1. The largest absolute Gasteiger partial charge is 0.480 e. The average Bonchev–Trinajstić information content (AvgIpc) is 2.75. The van der Waals surface area contributed by atoms with E-state index in [2.05, 4.69) is 0 Å². The Morgan fingerprint density at radius 1 is 1.38 bits per heavy atom. The van der Waals surface area contributed by atoms with Gasteiger partial charge in [0.25, 0.3) is 10.9 Å². The molecular weight excluding hydrogens is 352 g/mol.